The van der Waals surface area contributed by atoms with Crippen molar-refractivity contribution < 1.29 is 28.6 Å². The van der Waals surface area contributed by atoms with E-state index in [2.05, 4.69) is 0 Å². The molecule has 1 aromatic heterocycles. The summed E-state index contributed by atoms with van der Waals surface area (Å²) in [5.41, 5.74) is -0.997. The molecule has 3 aliphatic rings. The quantitative estimate of drug-likeness (QED) is 0.870. The average Bonchev–Trinajstić information content (AvgIpc) is 3.22. The fourth-order valence-electron chi connectivity index (χ4n) is 4.06. The highest BCUT2D eigenvalue weighted by molar-refractivity contribution is 5.95. The van der Waals surface area contributed by atoms with E-state index < -0.39 is 23.6 Å². The van der Waals surface area contributed by atoms with E-state index >= 15 is 0 Å². The molecule has 4 rings (SSSR count). The average molecular weight is 362 g/mol. The number of nitrogens with zero attached hydrogens (tertiary/aromatic N) is 2. The first-order valence-corrected chi connectivity index (χ1v) is 9.04. The van der Waals surface area contributed by atoms with E-state index in [-0.39, 0.29) is 24.2 Å². The van der Waals surface area contributed by atoms with Crippen molar-refractivity contribution in [2.75, 3.05) is 19.7 Å². The van der Waals surface area contributed by atoms with Crippen LogP contribution < -0.4 is 0 Å². The highest BCUT2D eigenvalue weighted by Crippen LogP contribution is 2.39. The highest BCUT2D eigenvalue weighted by Gasteiger charge is 2.55. The van der Waals surface area contributed by atoms with Gasteiger partial charge in [0.15, 0.2) is 11.8 Å². The smallest absolute Gasteiger partial charge is 0.328 e. The Labute approximate surface area is 150 Å². The van der Waals surface area contributed by atoms with Crippen molar-refractivity contribution in [1.29, 1.82) is 0 Å². The van der Waals surface area contributed by atoms with Crippen molar-refractivity contribution in [3.8, 4) is 0 Å². The molecule has 1 atom stereocenters. The Morgan fingerprint density at radius 3 is 2.46 bits per heavy atom. The van der Waals surface area contributed by atoms with Gasteiger partial charge in [-0.3, -0.25) is 14.5 Å². The van der Waals surface area contributed by atoms with E-state index in [0.717, 1.165) is 19.3 Å². The third-order valence-electron chi connectivity index (χ3n) is 5.81. The molecule has 0 aromatic carbocycles. The van der Waals surface area contributed by atoms with Gasteiger partial charge in [-0.25, -0.2) is 4.79 Å². The molecule has 1 spiro atoms. The Balaban J connectivity index is 1.53. The zero-order chi connectivity index (χ0) is 18.3. The Morgan fingerprint density at radius 1 is 1.19 bits per heavy atom. The number of likely N-dealkylation sites (tertiary alicyclic amines) is 1. The van der Waals surface area contributed by atoms with E-state index in [9.17, 15) is 19.5 Å². The first-order valence-electron chi connectivity index (χ1n) is 9.04. The second kappa shape index (κ2) is 6.42. The number of piperidine rings is 1. The number of aliphatic carboxylic acids is 1. The van der Waals surface area contributed by atoms with Gasteiger partial charge in [0, 0.05) is 31.8 Å². The topological polar surface area (TPSA) is 100 Å². The maximum atomic E-state index is 12.9. The molecule has 8 nitrogen and oxygen atoms in total. The first kappa shape index (κ1) is 17.1. The molecule has 3 fully saturated rings. The van der Waals surface area contributed by atoms with Crippen LogP contribution in [0.4, 0.5) is 0 Å². The summed E-state index contributed by atoms with van der Waals surface area (Å²) in [6.07, 6.45) is 5.18. The maximum Gasteiger partial charge on any atom is 0.328 e. The molecule has 2 amide bonds. The normalized spacial score (nSPS) is 25.3. The van der Waals surface area contributed by atoms with Gasteiger partial charge in [0.1, 0.15) is 5.72 Å². The van der Waals surface area contributed by atoms with Crippen LogP contribution in [0.3, 0.4) is 0 Å². The van der Waals surface area contributed by atoms with Gasteiger partial charge in [-0.1, -0.05) is 6.42 Å². The van der Waals surface area contributed by atoms with Crippen LogP contribution in [0.5, 0.6) is 0 Å². The van der Waals surface area contributed by atoms with Gasteiger partial charge in [0.25, 0.3) is 5.91 Å². The molecule has 2 saturated heterocycles. The van der Waals surface area contributed by atoms with E-state index in [1.165, 1.54) is 17.2 Å². The first-order chi connectivity index (χ1) is 12.5. The molecule has 1 aliphatic carbocycles. The minimum absolute atomic E-state index is 0.0572. The Hall–Kier alpha value is -2.35. The van der Waals surface area contributed by atoms with Gasteiger partial charge in [-0.15, -0.1) is 0 Å². The van der Waals surface area contributed by atoms with Gasteiger partial charge in [0.05, 0.1) is 12.9 Å². The number of hydrogen-bond acceptors (Lipinski definition) is 5. The summed E-state index contributed by atoms with van der Waals surface area (Å²) < 4.78 is 11.0. The molecule has 26 heavy (non-hydrogen) atoms. The van der Waals surface area contributed by atoms with Crippen molar-refractivity contribution >= 4 is 17.8 Å². The third kappa shape index (κ3) is 2.68. The van der Waals surface area contributed by atoms with E-state index in [4.69, 9.17) is 9.15 Å². The molecule has 0 unspecified atom stereocenters. The van der Waals surface area contributed by atoms with Gasteiger partial charge < -0.3 is 19.2 Å². The summed E-state index contributed by atoms with van der Waals surface area (Å²) in [6, 6.07) is 2.05. The molecule has 1 N–H and O–H groups in total. The third-order valence-corrected chi connectivity index (χ3v) is 5.81. The second-order valence-corrected chi connectivity index (χ2v) is 7.22. The Morgan fingerprint density at radius 2 is 1.92 bits per heavy atom. The molecule has 8 heteroatoms. The largest absolute Gasteiger partial charge is 0.480 e. The molecule has 3 heterocycles. The molecular weight excluding hydrogens is 340 g/mol. The van der Waals surface area contributed by atoms with Crippen LogP contribution in [0, 0.1) is 5.92 Å². The van der Waals surface area contributed by atoms with E-state index in [0.29, 0.717) is 25.9 Å². The van der Waals surface area contributed by atoms with Crippen LogP contribution in [0.15, 0.2) is 22.8 Å². The Bertz CT molecular complexity index is 703. The van der Waals surface area contributed by atoms with Crippen LogP contribution >= 0.6 is 0 Å². The molecule has 140 valence electrons. The van der Waals surface area contributed by atoms with Crippen LogP contribution in [0.2, 0.25) is 0 Å². The summed E-state index contributed by atoms with van der Waals surface area (Å²) >= 11 is 0. The SMILES string of the molecule is O=C(O)[C@H]1COC2(CCN(C(=O)C3CCC3)CC2)N1C(=O)c1ccco1. The van der Waals surface area contributed by atoms with Gasteiger partial charge in [0.2, 0.25) is 5.91 Å². The number of carboxylic acid groups (broad SMARTS) is 1. The summed E-state index contributed by atoms with van der Waals surface area (Å²) in [7, 11) is 0. The van der Waals surface area contributed by atoms with Gasteiger partial charge >= 0.3 is 5.97 Å². The molecule has 1 saturated carbocycles. The van der Waals surface area contributed by atoms with E-state index in [1.807, 2.05) is 4.90 Å². The lowest BCUT2D eigenvalue weighted by atomic mass is 9.83. The van der Waals surface area contributed by atoms with Crippen LogP contribution in [0.1, 0.15) is 42.7 Å². The monoisotopic (exact) mass is 362 g/mol. The second-order valence-electron chi connectivity index (χ2n) is 7.22. The molecule has 1 aromatic rings. The Kier molecular flexibility index (Phi) is 4.22. The fourth-order valence-corrected chi connectivity index (χ4v) is 4.06. The lowest BCUT2D eigenvalue weighted by Gasteiger charge is -2.45. The van der Waals surface area contributed by atoms with Crippen molar-refractivity contribution in [3.63, 3.8) is 0 Å². The number of carbonyl (C=O) groups is 3. The van der Waals surface area contributed by atoms with Crippen molar-refractivity contribution in [2.24, 2.45) is 5.92 Å². The number of furan rings is 1. The predicted octanol–water partition coefficient (Wildman–Crippen LogP) is 1.32. The van der Waals surface area contributed by atoms with Crippen LogP contribution in [-0.2, 0) is 14.3 Å². The number of carboxylic acids is 1. The number of ether oxygens (including phenoxy) is 1. The minimum Gasteiger partial charge on any atom is -0.480 e. The summed E-state index contributed by atoms with van der Waals surface area (Å²) in [4.78, 5) is 40.1. The molecular formula is C18H22N2O6. The predicted molar refractivity (Wildman–Crippen MR) is 88.1 cm³/mol. The van der Waals surface area contributed by atoms with Crippen LogP contribution in [-0.4, -0.2) is 64.2 Å². The zero-order valence-corrected chi connectivity index (χ0v) is 14.4. The van der Waals surface area contributed by atoms with Crippen molar-refractivity contribution in [1.82, 2.24) is 9.80 Å². The molecule has 2 aliphatic heterocycles. The zero-order valence-electron chi connectivity index (χ0n) is 14.4. The fraction of sp³-hybridized carbons (Fsp3) is 0.611. The number of hydrogen-bond donors (Lipinski definition) is 1. The van der Waals surface area contributed by atoms with Crippen LogP contribution in [0.25, 0.3) is 0 Å². The van der Waals surface area contributed by atoms with Crippen molar-refractivity contribution in [3.05, 3.63) is 24.2 Å². The molecule has 0 radical (unpaired) electrons. The highest BCUT2D eigenvalue weighted by atomic mass is 16.5. The van der Waals surface area contributed by atoms with Gasteiger partial charge in [-0.2, -0.15) is 0 Å². The lowest BCUT2D eigenvalue weighted by molar-refractivity contribution is -0.151. The summed E-state index contributed by atoms with van der Waals surface area (Å²) in [5, 5.41) is 9.53. The van der Waals surface area contributed by atoms with Crippen molar-refractivity contribution in [2.45, 2.75) is 43.9 Å². The number of amides is 2. The summed E-state index contributed by atoms with van der Waals surface area (Å²) in [5.74, 6) is -1.20. The minimum atomic E-state index is -1.10. The standard InChI is InChI=1S/C18H22N2O6/c21-15(12-3-1-4-12)19-8-6-18(7-9-19)20(13(11-26-18)17(23)24)16(22)14-5-2-10-25-14/h2,5,10,12-13H,1,3-4,6-9,11H2,(H,23,24)/t13-/m1/s1. The number of carbonyl (C=O) groups excluding carboxylic acids is 2. The number of rotatable bonds is 3. The molecule has 0 bridgehead atoms. The maximum absolute atomic E-state index is 12.9. The van der Waals surface area contributed by atoms with E-state index in [1.54, 1.807) is 6.07 Å². The summed E-state index contributed by atoms with van der Waals surface area (Å²) in [6.45, 7) is 0.867. The van der Waals surface area contributed by atoms with Gasteiger partial charge in [-0.05, 0) is 25.0 Å². The lowest BCUT2D eigenvalue weighted by Crippen LogP contribution is -2.59.